The number of thioether (sulfide) groups is 1. The van der Waals surface area contributed by atoms with Crippen LogP contribution in [0, 0.1) is 19.8 Å². The summed E-state index contributed by atoms with van der Waals surface area (Å²) >= 11 is 1.70. The molecule has 0 aliphatic carbocycles. The minimum atomic E-state index is -3.56. The quantitative estimate of drug-likeness (QED) is 0.536. The number of sulfonamides is 1. The van der Waals surface area contributed by atoms with Crippen molar-refractivity contribution in [2.45, 2.75) is 36.5 Å². The van der Waals surface area contributed by atoms with E-state index in [-0.39, 0.29) is 18.4 Å². The van der Waals surface area contributed by atoms with Gasteiger partial charge in [0.2, 0.25) is 15.9 Å². The Labute approximate surface area is 177 Å². The summed E-state index contributed by atoms with van der Waals surface area (Å²) < 4.78 is 27.2. The van der Waals surface area contributed by atoms with Crippen molar-refractivity contribution < 1.29 is 13.2 Å². The Hall–Kier alpha value is -1.83. The molecule has 1 aliphatic rings. The molecule has 1 N–H and O–H groups in total. The van der Waals surface area contributed by atoms with Crippen LogP contribution in [0.25, 0.3) is 0 Å². The highest BCUT2D eigenvalue weighted by Gasteiger charge is 2.33. The molecule has 1 saturated heterocycles. The predicted molar refractivity (Wildman–Crippen MR) is 118 cm³/mol. The van der Waals surface area contributed by atoms with Crippen molar-refractivity contribution in [1.29, 1.82) is 0 Å². The number of amides is 1. The third kappa shape index (κ3) is 5.84. The van der Waals surface area contributed by atoms with Crippen molar-refractivity contribution in [2.24, 2.45) is 5.92 Å². The maximum absolute atomic E-state index is 12.9. The smallest absolute Gasteiger partial charge is 0.243 e. The van der Waals surface area contributed by atoms with E-state index in [9.17, 15) is 13.2 Å². The van der Waals surface area contributed by atoms with Gasteiger partial charge in [0.1, 0.15) is 0 Å². The van der Waals surface area contributed by atoms with Gasteiger partial charge in [-0.3, -0.25) is 4.79 Å². The summed E-state index contributed by atoms with van der Waals surface area (Å²) in [7, 11) is -3.56. The molecule has 0 spiro atoms. The molecule has 5 nitrogen and oxygen atoms in total. The Morgan fingerprint density at radius 3 is 2.34 bits per heavy atom. The normalized spacial score (nSPS) is 17.8. The second-order valence-electron chi connectivity index (χ2n) is 7.47. The lowest BCUT2D eigenvalue weighted by atomic mass is 9.99. The fourth-order valence-electron chi connectivity index (χ4n) is 3.36. The molecule has 1 amide bonds. The molecule has 0 unspecified atom stereocenters. The molecule has 0 aromatic heterocycles. The fraction of sp³-hybridized carbons (Fsp3) is 0.409. The predicted octanol–water partition coefficient (Wildman–Crippen LogP) is 3.61. The summed E-state index contributed by atoms with van der Waals surface area (Å²) in [5.41, 5.74) is 2.24. The van der Waals surface area contributed by atoms with Gasteiger partial charge in [-0.25, -0.2) is 8.42 Å². The van der Waals surface area contributed by atoms with Gasteiger partial charge in [-0.1, -0.05) is 35.4 Å². The zero-order chi connectivity index (χ0) is 20.9. The van der Waals surface area contributed by atoms with Gasteiger partial charge in [-0.05, 0) is 51.0 Å². The molecular weight excluding hydrogens is 404 g/mol. The molecule has 0 bridgehead atoms. The van der Waals surface area contributed by atoms with Crippen LogP contribution in [0.2, 0.25) is 0 Å². The van der Waals surface area contributed by atoms with E-state index < -0.39 is 10.0 Å². The maximum atomic E-state index is 12.9. The minimum Gasteiger partial charge on any atom is -0.355 e. The van der Waals surface area contributed by atoms with Crippen molar-refractivity contribution in [2.75, 3.05) is 25.4 Å². The average Bonchev–Trinajstić information content (AvgIpc) is 2.73. The van der Waals surface area contributed by atoms with Gasteiger partial charge >= 0.3 is 0 Å². The van der Waals surface area contributed by atoms with E-state index in [1.807, 2.05) is 6.92 Å². The summed E-state index contributed by atoms with van der Waals surface area (Å²) in [4.78, 5) is 14.0. The summed E-state index contributed by atoms with van der Waals surface area (Å²) in [6, 6.07) is 15.2. The first-order valence-electron chi connectivity index (χ1n) is 9.90. The number of nitrogens with zero attached hydrogens (tertiary/aromatic N) is 1. The molecule has 29 heavy (non-hydrogen) atoms. The van der Waals surface area contributed by atoms with E-state index in [1.165, 1.54) is 14.8 Å². The second kappa shape index (κ2) is 9.78. The zero-order valence-corrected chi connectivity index (χ0v) is 18.6. The molecule has 1 aliphatic heterocycles. The average molecular weight is 433 g/mol. The summed E-state index contributed by atoms with van der Waals surface area (Å²) in [5, 5.41) is 2.97. The van der Waals surface area contributed by atoms with E-state index in [0.717, 1.165) is 17.7 Å². The number of rotatable bonds is 7. The Kier molecular flexibility index (Phi) is 7.38. The SMILES string of the molecule is Cc1ccc(SCCNC(=O)[C@H]2CCCN(S(=O)(=O)c3ccc(C)cc3)C2)cc1. The molecule has 2 aromatic carbocycles. The van der Waals surface area contributed by atoms with Crippen LogP contribution in [-0.2, 0) is 14.8 Å². The first kappa shape index (κ1) is 21.9. The lowest BCUT2D eigenvalue weighted by molar-refractivity contribution is -0.125. The molecule has 1 heterocycles. The largest absolute Gasteiger partial charge is 0.355 e. The van der Waals surface area contributed by atoms with Gasteiger partial charge in [-0.15, -0.1) is 11.8 Å². The maximum Gasteiger partial charge on any atom is 0.243 e. The molecule has 3 rings (SSSR count). The highest BCUT2D eigenvalue weighted by molar-refractivity contribution is 7.99. The Morgan fingerprint density at radius 1 is 1.07 bits per heavy atom. The zero-order valence-electron chi connectivity index (χ0n) is 16.9. The Balaban J connectivity index is 1.51. The number of nitrogens with one attached hydrogen (secondary N) is 1. The van der Waals surface area contributed by atoms with Crippen molar-refractivity contribution in [1.82, 2.24) is 9.62 Å². The van der Waals surface area contributed by atoms with E-state index in [4.69, 9.17) is 0 Å². The van der Waals surface area contributed by atoms with Crippen molar-refractivity contribution in [3.05, 3.63) is 59.7 Å². The first-order chi connectivity index (χ1) is 13.9. The topological polar surface area (TPSA) is 66.5 Å². The number of aryl methyl sites for hydroxylation is 2. The molecule has 156 valence electrons. The molecule has 2 aromatic rings. The van der Waals surface area contributed by atoms with Crippen LogP contribution in [0.4, 0.5) is 0 Å². The highest BCUT2D eigenvalue weighted by Crippen LogP contribution is 2.24. The van der Waals surface area contributed by atoms with Gasteiger partial charge in [0.25, 0.3) is 0 Å². The minimum absolute atomic E-state index is 0.0571. The highest BCUT2D eigenvalue weighted by atomic mass is 32.2. The monoisotopic (exact) mass is 432 g/mol. The molecular formula is C22H28N2O3S2. The van der Waals surface area contributed by atoms with Crippen LogP contribution in [0.15, 0.2) is 58.3 Å². The fourth-order valence-corrected chi connectivity index (χ4v) is 5.65. The van der Waals surface area contributed by atoms with E-state index in [0.29, 0.717) is 24.4 Å². The number of carbonyl (C=O) groups excluding carboxylic acids is 1. The third-order valence-electron chi connectivity index (χ3n) is 5.10. The molecule has 0 saturated carbocycles. The van der Waals surface area contributed by atoms with Gasteiger partial charge < -0.3 is 5.32 Å². The number of benzene rings is 2. The van der Waals surface area contributed by atoms with Crippen molar-refractivity contribution in [3.63, 3.8) is 0 Å². The number of hydrogen-bond acceptors (Lipinski definition) is 4. The van der Waals surface area contributed by atoms with Crippen LogP contribution < -0.4 is 5.32 Å². The molecule has 1 atom stereocenters. The number of carbonyl (C=O) groups is 1. The van der Waals surface area contributed by atoms with Gasteiger partial charge in [-0.2, -0.15) is 4.31 Å². The van der Waals surface area contributed by atoms with Gasteiger partial charge in [0.15, 0.2) is 0 Å². The van der Waals surface area contributed by atoms with Crippen LogP contribution in [-0.4, -0.2) is 44.0 Å². The summed E-state index contributed by atoms with van der Waals surface area (Å²) in [5.74, 6) is 0.430. The molecule has 7 heteroatoms. The lowest BCUT2D eigenvalue weighted by Crippen LogP contribution is -2.45. The van der Waals surface area contributed by atoms with Crippen LogP contribution in [0.1, 0.15) is 24.0 Å². The van der Waals surface area contributed by atoms with Gasteiger partial charge in [0, 0.05) is 30.3 Å². The number of hydrogen-bond donors (Lipinski definition) is 1. The Bertz CT molecular complexity index is 926. The second-order valence-corrected chi connectivity index (χ2v) is 10.6. The number of piperidine rings is 1. The van der Waals surface area contributed by atoms with Crippen LogP contribution in [0.5, 0.6) is 0 Å². The summed E-state index contributed by atoms with van der Waals surface area (Å²) in [6.07, 6.45) is 1.41. The Morgan fingerprint density at radius 2 is 1.69 bits per heavy atom. The third-order valence-corrected chi connectivity index (χ3v) is 8.00. The van der Waals surface area contributed by atoms with Crippen molar-refractivity contribution in [3.8, 4) is 0 Å². The van der Waals surface area contributed by atoms with Gasteiger partial charge in [0.05, 0.1) is 10.8 Å². The van der Waals surface area contributed by atoms with Crippen molar-refractivity contribution >= 4 is 27.7 Å². The lowest BCUT2D eigenvalue weighted by Gasteiger charge is -2.31. The standard InChI is InChI=1S/C22H28N2O3S2/c1-17-5-9-20(10-6-17)28-15-13-23-22(25)19-4-3-14-24(16-19)29(26,27)21-11-7-18(2)8-12-21/h5-12,19H,3-4,13-16H2,1-2H3,(H,23,25)/t19-/m0/s1. The van der Waals surface area contributed by atoms with E-state index >= 15 is 0 Å². The van der Waals surface area contributed by atoms with E-state index in [1.54, 1.807) is 36.0 Å². The van der Waals surface area contributed by atoms with E-state index in [2.05, 4.69) is 36.5 Å². The summed E-state index contributed by atoms with van der Waals surface area (Å²) in [6.45, 7) is 5.25. The van der Waals surface area contributed by atoms with Crippen LogP contribution >= 0.6 is 11.8 Å². The first-order valence-corrected chi connectivity index (χ1v) is 12.3. The molecule has 1 fully saturated rings. The van der Waals surface area contributed by atoms with Crippen LogP contribution in [0.3, 0.4) is 0 Å². The molecule has 0 radical (unpaired) electrons.